The minimum absolute atomic E-state index is 0.136. The van der Waals surface area contributed by atoms with Crippen molar-refractivity contribution in [1.82, 2.24) is 0 Å². The highest BCUT2D eigenvalue weighted by Gasteiger charge is 2.73. The molecule has 0 heterocycles. The molecule has 5 aliphatic carbocycles. The highest BCUT2D eigenvalue weighted by Crippen LogP contribution is 2.76. The molecule has 0 aromatic carbocycles. The number of fused-ring (bicyclic) bond motifs is 7. The quantitative estimate of drug-likeness (QED) is 0.117. The predicted molar refractivity (Wildman–Crippen MR) is 461 cm³/mol. The van der Waals surface area contributed by atoms with E-state index in [4.69, 9.17) is 9.47 Å². The molecule has 5 aliphatic rings. The Kier molecular flexibility index (Phi) is 173. The van der Waals surface area contributed by atoms with Crippen LogP contribution in [0.2, 0.25) is 0 Å². The normalized spacial score (nSPS) is 24.9. The van der Waals surface area contributed by atoms with Crippen LogP contribution in [0, 0.1) is 50.2 Å². The first-order valence-electron chi connectivity index (χ1n) is 42.7. The van der Waals surface area contributed by atoms with Gasteiger partial charge in [0.1, 0.15) is 6.10 Å². The van der Waals surface area contributed by atoms with E-state index in [1.54, 1.807) is 32.9 Å². The molecule has 5 rings (SSSR count). The molecule has 0 amide bonds. The zero-order chi connectivity index (χ0) is 84.5. The van der Waals surface area contributed by atoms with Gasteiger partial charge in [-0.1, -0.05) is 404 Å². The number of allylic oxidation sites excluding steroid dienone is 4. The molecule has 0 spiro atoms. The third-order valence-corrected chi connectivity index (χ3v) is 15.4. The van der Waals surface area contributed by atoms with Crippen molar-refractivity contribution >= 4 is 11.9 Å². The number of hydrogen-bond acceptors (Lipinski definition) is 8. The Morgan fingerprint density at radius 2 is 0.773 bits per heavy atom. The molecule has 0 aliphatic heterocycles. The van der Waals surface area contributed by atoms with Gasteiger partial charge in [-0.15, -0.1) is 0 Å². The first-order valence-corrected chi connectivity index (χ1v) is 42.7. The molecule has 612 valence electrons. The van der Waals surface area contributed by atoms with Gasteiger partial charge in [0.2, 0.25) is 0 Å². The van der Waals surface area contributed by atoms with E-state index >= 15 is 0 Å². The molecule has 8 nitrogen and oxygen atoms in total. The number of ether oxygens (including phenoxy) is 2. The Hall–Kier alpha value is -2.00. The van der Waals surface area contributed by atoms with Gasteiger partial charge in [-0.3, -0.25) is 0 Å². The first-order chi connectivity index (χ1) is 46.7. The van der Waals surface area contributed by atoms with Gasteiger partial charge in [0.15, 0.2) is 0 Å². The van der Waals surface area contributed by atoms with Gasteiger partial charge in [-0.2, -0.15) is 0 Å². The average Bonchev–Trinajstić information content (AvgIpc) is 0.675. The standard InChI is InChI=1S/C40H62O8.C3H8.23C2H6/c1-11-23(3)33(45)47-22-37(8)27-15-18-38(9)28(36(27,7)17-16-29(37)42)14-13-25-26-19-35(5,6)31(44)32(48-34(46)24(4)12-2)40(26,21-41)30(43)20-39(25,38)10;1-3-2;23*1-2/h11-13,26-32,41-44H,14-22H2,1-10H3;3H2,1-2H3;23*1-2H3/b23-11+,24-12+;;;;;;;;;;;;;;;;;;;;;;;;/t26?,27?,28?,29-,30+,31-,32-,36-,37+,38+,39+,40-;;;;;;;;;;;;;;;;;;;;;;;;/m0......................../s1. The maximum atomic E-state index is 13.2. The van der Waals surface area contributed by atoms with Gasteiger partial charge in [0.05, 0.1) is 36.9 Å². The van der Waals surface area contributed by atoms with Crippen LogP contribution in [0.25, 0.3) is 0 Å². The van der Waals surface area contributed by atoms with Crippen LogP contribution in [0.15, 0.2) is 34.9 Å². The van der Waals surface area contributed by atoms with Crippen LogP contribution in [-0.2, 0) is 19.1 Å². The topological polar surface area (TPSA) is 134 Å². The summed E-state index contributed by atoms with van der Waals surface area (Å²) in [6.07, 6.45) is 8.29. The third-order valence-electron chi connectivity index (χ3n) is 15.4. The second-order valence-corrected chi connectivity index (χ2v) is 18.6. The average molecular weight is 1410 g/mol. The molecule has 4 N–H and O–H groups in total. The number of esters is 2. The van der Waals surface area contributed by atoms with Gasteiger partial charge >= 0.3 is 11.9 Å². The smallest absolute Gasteiger partial charge is 0.333 e. The number of aliphatic hydroxyl groups is 4. The number of carbonyl (C=O) groups is 2. The lowest BCUT2D eigenvalue weighted by atomic mass is 9.33. The molecule has 3 unspecified atom stereocenters. The zero-order valence-corrected chi connectivity index (χ0v) is 79.8. The van der Waals surface area contributed by atoms with E-state index in [2.05, 4.69) is 47.6 Å². The molecule has 8 heteroatoms. The minimum Gasteiger partial charge on any atom is -0.462 e. The largest absolute Gasteiger partial charge is 0.462 e. The summed E-state index contributed by atoms with van der Waals surface area (Å²) in [6.45, 7) is 116. The van der Waals surface area contributed by atoms with Crippen LogP contribution in [-0.4, -0.2) is 70.0 Å². The number of hydrogen-bond donors (Lipinski definition) is 4. The number of aliphatic hydroxyl groups excluding tert-OH is 4. The third kappa shape index (κ3) is 49.3. The van der Waals surface area contributed by atoms with Crippen molar-refractivity contribution in [3.8, 4) is 0 Å². The first kappa shape index (κ1) is 149. The van der Waals surface area contributed by atoms with Crippen molar-refractivity contribution in [2.75, 3.05) is 13.2 Å². The van der Waals surface area contributed by atoms with Crippen LogP contribution in [0.1, 0.15) is 453 Å². The Morgan fingerprint density at radius 1 is 0.464 bits per heavy atom. The maximum absolute atomic E-state index is 13.2. The van der Waals surface area contributed by atoms with E-state index in [9.17, 15) is 30.0 Å². The Labute approximate surface area is 624 Å². The van der Waals surface area contributed by atoms with Crippen molar-refractivity contribution in [3.63, 3.8) is 0 Å². The van der Waals surface area contributed by atoms with Crippen LogP contribution < -0.4 is 0 Å². The fourth-order valence-corrected chi connectivity index (χ4v) is 11.8. The molecule has 0 bridgehead atoms. The SMILES string of the molecule is C/C=C(\C)C(=O)OC[C@]1(C)C2CC[C@]3(C)C(CC=C4C5CC(C)(C)[C@@H](O)[C@H](OC(=O)/C(C)=C/C)[C@]5(CO)[C@H](O)C[C@]43C)[C@@]2(C)CC[C@@H]1O.CC.CC.CC.CC.CC.CC.CC.CC.CC.CC.CC.CC.CC.CC.CC.CC.CC.CC.CC.CC.CC.CC.CC.CCC. The molecule has 4 saturated carbocycles. The summed E-state index contributed by atoms with van der Waals surface area (Å²) in [5.41, 5.74) is -1.05. The van der Waals surface area contributed by atoms with E-state index in [1.165, 1.54) is 12.0 Å². The van der Waals surface area contributed by atoms with Gasteiger partial charge in [-0.25, -0.2) is 9.59 Å². The molecular formula is C89H208O8. The summed E-state index contributed by atoms with van der Waals surface area (Å²) < 4.78 is 11.9. The van der Waals surface area contributed by atoms with Crippen molar-refractivity contribution in [2.45, 2.75) is 477 Å². The molecular weight excluding hydrogens is 1200 g/mol. The van der Waals surface area contributed by atoms with E-state index in [0.717, 1.165) is 25.7 Å². The lowest BCUT2D eigenvalue weighted by molar-refractivity contribution is -0.263. The van der Waals surface area contributed by atoms with Crippen molar-refractivity contribution in [3.05, 3.63) is 34.9 Å². The maximum Gasteiger partial charge on any atom is 0.333 e. The van der Waals surface area contributed by atoms with Gasteiger partial charge in [0, 0.05) is 16.6 Å². The summed E-state index contributed by atoms with van der Waals surface area (Å²) >= 11 is 0. The zero-order valence-electron chi connectivity index (χ0n) is 79.8. The lowest BCUT2D eigenvalue weighted by Crippen LogP contribution is -2.72. The molecule has 0 aromatic heterocycles. The van der Waals surface area contributed by atoms with Crippen LogP contribution in [0.3, 0.4) is 0 Å². The van der Waals surface area contributed by atoms with E-state index in [0.29, 0.717) is 30.4 Å². The molecule has 0 radical (unpaired) electrons. The highest BCUT2D eigenvalue weighted by molar-refractivity contribution is 5.88. The van der Waals surface area contributed by atoms with Crippen molar-refractivity contribution in [1.29, 1.82) is 0 Å². The molecule has 12 atom stereocenters. The van der Waals surface area contributed by atoms with E-state index < -0.39 is 58.7 Å². The summed E-state index contributed by atoms with van der Waals surface area (Å²) in [7, 11) is 0. The van der Waals surface area contributed by atoms with E-state index in [-0.39, 0.29) is 41.2 Å². The fourth-order valence-electron chi connectivity index (χ4n) is 11.8. The fraction of sp³-hybridized carbons (Fsp3) is 0.910. The highest BCUT2D eigenvalue weighted by atomic mass is 16.6. The van der Waals surface area contributed by atoms with Gasteiger partial charge < -0.3 is 29.9 Å². The molecule has 0 saturated heterocycles. The number of rotatable bonds is 6. The lowest BCUT2D eigenvalue weighted by Gasteiger charge is -2.72. The Balaban J connectivity index is -0.0000000567. The second-order valence-electron chi connectivity index (χ2n) is 18.6. The summed E-state index contributed by atoms with van der Waals surface area (Å²) in [6, 6.07) is 0. The summed E-state index contributed by atoms with van der Waals surface area (Å²) in [5, 5.41) is 46.8. The molecule has 0 aromatic rings. The Morgan fingerprint density at radius 3 is 1.07 bits per heavy atom. The summed E-state index contributed by atoms with van der Waals surface area (Å²) in [4.78, 5) is 25.9. The Bertz CT molecular complexity index is 1420. The predicted octanol–water partition coefficient (Wildman–Crippen LogP) is 31.1. The summed E-state index contributed by atoms with van der Waals surface area (Å²) in [5.74, 6) is -0.799. The molecule has 97 heavy (non-hydrogen) atoms. The van der Waals surface area contributed by atoms with Gasteiger partial charge in [0.25, 0.3) is 0 Å². The van der Waals surface area contributed by atoms with Gasteiger partial charge in [-0.05, 0) is 112 Å². The number of carbonyl (C=O) groups excluding carboxylic acids is 2. The van der Waals surface area contributed by atoms with Crippen LogP contribution in [0.5, 0.6) is 0 Å². The molecule has 4 fully saturated rings. The van der Waals surface area contributed by atoms with Crippen molar-refractivity contribution < 1.29 is 39.5 Å². The van der Waals surface area contributed by atoms with Crippen molar-refractivity contribution in [2.24, 2.45) is 50.2 Å². The van der Waals surface area contributed by atoms with Crippen LogP contribution in [0.4, 0.5) is 0 Å². The second kappa shape index (κ2) is 113. The van der Waals surface area contributed by atoms with E-state index in [1.807, 2.05) is 339 Å². The minimum atomic E-state index is -1.24. The monoisotopic (exact) mass is 1410 g/mol. The van der Waals surface area contributed by atoms with Crippen LogP contribution >= 0.6 is 0 Å².